The smallest absolute Gasteiger partial charge is 0.327 e. The van der Waals surface area contributed by atoms with Crippen LogP contribution in [0.3, 0.4) is 0 Å². The van der Waals surface area contributed by atoms with Gasteiger partial charge < -0.3 is 15.2 Å². The number of hydrogen-bond acceptors (Lipinski definition) is 6. The third-order valence-electron chi connectivity index (χ3n) is 5.02. The van der Waals surface area contributed by atoms with Crippen LogP contribution in [-0.2, 0) is 24.3 Å². The number of benzene rings is 1. The van der Waals surface area contributed by atoms with Crippen LogP contribution in [0.25, 0.3) is 0 Å². The van der Waals surface area contributed by atoms with Crippen LogP contribution >= 0.6 is 23.2 Å². The predicted molar refractivity (Wildman–Crippen MR) is 113 cm³/mol. The molecule has 30 heavy (non-hydrogen) atoms. The second-order valence-electron chi connectivity index (χ2n) is 7.46. The molecule has 1 amide bonds. The molecule has 0 aromatic heterocycles. The summed E-state index contributed by atoms with van der Waals surface area (Å²) in [7, 11) is -4.21. The summed E-state index contributed by atoms with van der Waals surface area (Å²) in [5.41, 5.74) is 0. The van der Waals surface area contributed by atoms with Crippen molar-refractivity contribution in [1.82, 2.24) is 10.0 Å². The molecule has 1 saturated carbocycles. The number of carbonyl (C=O) groups excluding carboxylic acids is 2. The standard InChI is InChI=1S/C19H26Cl2N2O6S/c1-11-5-3-4-6-16(11)22-17(25)10-29-19(26)18(12(2)24)23-30(27,28)13-7-8-14(20)15(21)9-13/h7-9,11-12,16,18,23-24H,3-6,10H2,1-2H3,(H,22,25). The zero-order valence-corrected chi connectivity index (χ0v) is 19.1. The van der Waals surface area contributed by atoms with E-state index in [0.29, 0.717) is 5.92 Å². The normalized spacial score (nSPS) is 21.5. The first kappa shape index (κ1) is 24.9. The van der Waals surface area contributed by atoms with E-state index in [0.717, 1.165) is 31.7 Å². The van der Waals surface area contributed by atoms with E-state index in [-0.39, 0.29) is 21.0 Å². The lowest BCUT2D eigenvalue weighted by molar-refractivity contribution is -0.152. The van der Waals surface area contributed by atoms with E-state index in [2.05, 4.69) is 17.0 Å². The fourth-order valence-electron chi connectivity index (χ4n) is 3.23. The third kappa shape index (κ3) is 6.81. The molecular weight excluding hydrogens is 455 g/mol. The van der Waals surface area contributed by atoms with Crippen LogP contribution in [0.15, 0.2) is 23.1 Å². The number of sulfonamides is 1. The van der Waals surface area contributed by atoms with Crippen molar-refractivity contribution in [2.45, 2.75) is 62.6 Å². The molecule has 1 aliphatic carbocycles. The molecule has 4 atom stereocenters. The summed E-state index contributed by atoms with van der Waals surface area (Å²) in [6.45, 7) is 2.71. The van der Waals surface area contributed by atoms with E-state index in [9.17, 15) is 23.1 Å². The van der Waals surface area contributed by atoms with E-state index < -0.39 is 40.7 Å². The van der Waals surface area contributed by atoms with Gasteiger partial charge in [-0.05, 0) is 43.9 Å². The fourth-order valence-corrected chi connectivity index (χ4v) is 4.87. The number of carbonyl (C=O) groups is 2. The summed E-state index contributed by atoms with van der Waals surface area (Å²) in [6, 6.07) is 2.04. The van der Waals surface area contributed by atoms with Crippen LogP contribution in [0.2, 0.25) is 10.0 Å². The first-order chi connectivity index (χ1) is 14.0. The summed E-state index contributed by atoms with van der Waals surface area (Å²) in [6.07, 6.45) is 2.62. The van der Waals surface area contributed by atoms with Gasteiger partial charge in [-0.2, -0.15) is 4.72 Å². The number of hydrogen-bond donors (Lipinski definition) is 3. The minimum absolute atomic E-state index is 0.0179. The number of rotatable bonds is 8. The van der Waals surface area contributed by atoms with Crippen LogP contribution in [0.4, 0.5) is 0 Å². The maximum Gasteiger partial charge on any atom is 0.327 e. The van der Waals surface area contributed by atoms with E-state index in [4.69, 9.17) is 27.9 Å². The first-order valence-electron chi connectivity index (χ1n) is 9.62. The van der Waals surface area contributed by atoms with Crippen LogP contribution in [0.1, 0.15) is 39.5 Å². The number of esters is 1. The second kappa shape index (κ2) is 10.8. The highest BCUT2D eigenvalue weighted by Crippen LogP contribution is 2.25. The minimum Gasteiger partial charge on any atom is -0.454 e. The van der Waals surface area contributed by atoms with Crippen LogP contribution in [0, 0.1) is 5.92 Å². The van der Waals surface area contributed by atoms with Crippen LogP contribution in [0.5, 0.6) is 0 Å². The molecule has 0 spiro atoms. The van der Waals surface area contributed by atoms with Crippen LogP contribution < -0.4 is 10.0 Å². The molecule has 0 radical (unpaired) electrons. The van der Waals surface area contributed by atoms with Gasteiger partial charge in [0.05, 0.1) is 21.0 Å². The Kier molecular flexibility index (Phi) is 8.93. The summed E-state index contributed by atoms with van der Waals surface area (Å²) >= 11 is 11.6. The largest absolute Gasteiger partial charge is 0.454 e. The molecule has 1 aromatic carbocycles. The fraction of sp³-hybridized carbons (Fsp3) is 0.579. The van der Waals surface area contributed by atoms with E-state index in [1.54, 1.807) is 0 Å². The lowest BCUT2D eigenvalue weighted by Crippen LogP contribution is -2.49. The average Bonchev–Trinajstić information content (AvgIpc) is 2.68. The van der Waals surface area contributed by atoms with Gasteiger partial charge in [-0.1, -0.05) is 43.0 Å². The summed E-state index contributed by atoms with van der Waals surface area (Å²) in [4.78, 5) is 24.2. The van der Waals surface area contributed by atoms with Crippen molar-refractivity contribution in [2.75, 3.05) is 6.61 Å². The maximum atomic E-state index is 12.5. The Morgan fingerprint density at radius 1 is 1.23 bits per heavy atom. The first-order valence-corrected chi connectivity index (χ1v) is 11.9. The summed E-state index contributed by atoms with van der Waals surface area (Å²) < 4.78 is 32.1. The molecule has 3 N–H and O–H groups in total. The van der Waals surface area contributed by atoms with E-state index in [1.807, 2.05) is 0 Å². The maximum absolute atomic E-state index is 12.5. The van der Waals surface area contributed by atoms with Gasteiger partial charge in [0.1, 0.15) is 6.04 Å². The average molecular weight is 481 g/mol. The lowest BCUT2D eigenvalue weighted by atomic mass is 9.86. The Bertz CT molecular complexity index is 878. The van der Waals surface area contributed by atoms with Gasteiger partial charge in [-0.25, -0.2) is 8.42 Å². The lowest BCUT2D eigenvalue weighted by Gasteiger charge is -2.29. The van der Waals surface area contributed by atoms with Gasteiger partial charge in [0.15, 0.2) is 6.61 Å². The number of ether oxygens (including phenoxy) is 1. The second-order valence-corrected chi connectivity index (χ2v) is 9.99. The number of aliphatic hydroxyl groups is 1. The van der Waals surface area contributed by atoms with Crippen LogP contribution in [-0.4, -0.2) is 50.2 Å². The molecule has 168 valence electrons. The van der Waals surface area contributed by atoms with Gasteiger partial charge in [0.25, 0.3) is 5.91 Å². The Balaban J connectivity index is 1.98. The van der Waals surface area contributed by atoms with Gasteiger partial charge in [-0.15, -0.1) is 0 Å². The van der Waals surface area contributed by atoms with Crippen molar-refractivity contribution >= 4 is 45.1 Å². The molecule has 0 saturated heterocycles. The molecule has 4 unspecified atom stereocenters. The van der Waals surface area contributed by atoms with E-state index in [1.165, 1.54) is 19.1 Å². The molecule has 8 nitrogen and oxygen atoms in total. The van der Waals surface area contributed by atoms with E-state index >= 15 is 0 Å². The molecule has 1 aromatic rings. The minimum atomic E-state index is -4.21. The molecule has 0 heterocycles. The molecule has 1 aliphatic rings. The number of halogens is 2. The Labute approximate surface area is 186 Å². The molecular formula is C19H26Cl2N2O6S. The molecule has 1 fully saturated rings. The summed E-state index contributed by atoms with van der Waals surface area (Å²) in [5, 5.41) is 12.9. The third-order valence-corrected chi connectivity index (χ3v) is 7.20. The van der Waals surface area contributed by atoms with Crippen molar-refractivity contribution in [3.05, 3.63) is 28.2 Å². The summed E-state index contributed by atoms with van der Waals surface area (Å²) in [5.74, 6) is -1.21. The Morgan fingerprint density at radius 2 is 1.90 bits per heavy atom. The van der Waals surface area contributed by atoms with Crippen molar-refractivity contribution in [3.8, 4) is 0 Å². The molecule has 0 bridgehead atoms. The predicted octanol–water partition coefficient (Wildman–Crippen LogP) is 2.26. The SMILES string of the molecule is CC(O)C(NS(=O)(=O)c1ccc(Cl)c(Cl)c1)C(=O)OCC(=O)NC1CCCCC1C. The topological polar surface area (TPSA) is 122 Å². The Hall–Kier alpha value is -1.39. The van der Waals surface area contributed by atoms with Gasteiger partial charge in [0.2, 0.25) is 10.0 Å². The monoisotopic (exact) mass is 480 g/mol. The Morgan fingerprint density at radius 3 is 2.50 bits per heavy atom. The quantitative estimate of drug-likeness (QED) is 0.490. The van der Waals surface area contributed by atoms with Crippen molar-refractivity contribution in [2.24, 2.45) is 5.92 Å². The highest BCUT2D eigenvalue weighted by molar-refractivity contribution is 7.89. The zero-order chi connectivity index (χ0) is 22.5. The van der Waals surface area contributed by atoms with Gasteiger partial charge in [0, 0.05) is 6.04 Å². The molecule has 0 aliphatic heterocycles. The number of nitrogens with one attached hydrogen (secondary N) is 2. The van der Waals surface area contributed by atoms with Gasteiger partial charge in [-0.3, -0.25) is 9.59 Å². The zero-order valence-electron chi connectivity index (χ0n) is 16.7. The number of amides is 1. The molecule has 11 heteroatoms. The van der Waals surface area contributed by atoms with Crippen molar-refractivity contribution in [3.63, 3.8) is 0 Å². The number of aliphatic hydroxyl groups excluding tert-OH is 1. The molecule has 2 rings (SSSR count). The highest BCUT2D eigenvalue weighted by Gasteiger charge is 2.32. The highest BCUT2D eigenvalue weighted by atomic mass is 35.5. The van der Waals surface area contributed by atoms with Crippen molar-refractivity contribution in [1.29, 1.82) is 0 Å². The van der Waals surface area contributed by atoms with Crippen molar-refractivity contribution < 1.29 is 27.9 Å². The van der Waals surface area contributed by atoms with Gasteiger partial charge >= 0.3 is 5.97 Å².